The third-order valence-corrected chi connectivity index (χ3v) is 11.5. The van der Waals surface area contributed by atoms with E-state index in [-0.39, 0.29) is 19.1 Å². The van der Waals surface area contributed by atoms with Crippen LogP contribution >= 0.6 is 7.82 Å². The molecule has 0 aromatic carbocycles. The number of carbonyl (C=O) groups is 1. The number of unbranched alkanes of at least 4 members (excludes halogenated alkanes) is 29. The number of aliphatic hydroxyl groups excluding tert-OH is 1. The van der Waals surface area contributed by atoms with Crippen molar-refractivity contribution in [2.75, 3.05) is 40.9 Å². The number of phosphoric acid groups is 1. The van der Waals surface area contributed by atoms with Gasteiger partial charge in [0.2, 0.25) is 5.91 Å². The first-order valence-electron chi connectivity index (χ1n) is 23.1. The van der Waals surface area contributed by atoms with Crippen molar-refractivity contribution in [3.05, 3.63) is 12.2 Å². The third kappa shape index (κ3) is 39.5. The minimum atomic E-state index is -4.31. The highest BCUT2D eigenvalue weighted by Crippen LogP contribution is 2.43. The Morgan fingerprint density at radius 3 is 1.33 bits per heavy atom. The monoisotopic (exact) mass is 788 g/mol. The van der Waals surface area contributed by atoms with Gasteiger partial charge in [-0.2, -0.15) is 0 Å². The largest absolute Gasteiger partial charge is 0.472 e. The van der Waals surface area contributed by atoms with Crippen molar-refractivity contribution >= 4 is 13.7 Å². The van der Waals surface area contributed by atoms with Gasteiger partial charge in [-0.3, -0.25) is 13.8 Å². The van der Waals surface area contributed by atoms with E-state index in [2.05, 4.69) is 12.2 Å². The summed E-state index contributed by atoms with van der Waals surface area (Å²) in [7, 11) is 1.57. The van der Waals surface area contributed by atoms with Crippen LogP contribution in [0, 0.1) is 0 Å². The summed E-state index contributed by atoms with van der Waals surface area (Å²) in [5.74, 6) is -0.185. The molecule has 0 heterocycles. The van der Waals surface area contributed by atoms with E-state index in [4.69, 9.17) is 9.05 Å². The lowest BCUT2D eigenvalue weighted by atomic mass is 10.0. The highest BCUT2D eigenvalue weighted by atomic mass is 31.2. The van der Waals surface area contributed by atoms with Crippen LogP contribution in [0.15, 0.2) is 12.2 Å². The number of phosphoric ester groups is 1. The average Bonchev–Trinajstić information content (AvgIpc) is 3.12. The smallest absolute Gasteiger partial charge is 0.387 e. The maximum atomic E-state index is 12.7. The van der Waals surface area contributed by atoms with Crippen LogP contribution in [0.3, 0.4) is 0 Å². The fourth-order valence-corrected chi connectivity index (χ4v) is 7.55. The van der Waals surface area contributed by atoms with Gasteiger partial charge in [0, 0.05) is 6.42 Å². The molecular weight excluding hydrogens is 695 g/mol. The number of nitrogens with one attached hydrogen (secondary N) is 1. The molecule has 9 heteroatoms. The Morgan fingerprint density at radius 2 is 0.981 bits per heavy atom. The minimum Gasteiger partial charge on any atom is -0.387 e. The first-order valence-corrected chi connectivity index (χ1v) is 24.6. The molecule has 8 nitrogen and oxygen atoms in total. The highest BCUT2D eigenvalue weighted by Gasteiger charge is 2.27. The molecule has 0 aliphatic rings. The lowest BCUT2D eigenvalue weighted by molar-refractivity contribution is -0.870. The number of allylic oxidation sites excluding steroid dienone is 1. The molecule has 0 fully saturated rings. The summed E-state index contributed by atoms with van der Waals surface area (Å²) in [4.78, 5) is 22.8. The Kier molecular flexibility index (Phi) is 37.3. The first-order chi connectivity index (χ1) is 26.0. The van der Waals surface area contributed by atoms with Crippen LogP contribution < -0.4 is 5.32 Å². The summed E-state index contributed by atoms with van der Waals surface area (Å²) < 4.78 is 23.2. The van der Waals surface area contributed by atoms with Gasteiger partial charge in [-0.15, -0.1) is 0 Å². The number of rotatable bonds is 42. The fourth-order valence-electron chi connectivity index (χ4n) is 6.81. The predicted molar refractivity (Wildman–Crippen MR) is 231 cm³/mol. The molecular formula is C45H92N2O6P+. The number of nitrogens with zero attached hydrogens (tertiary/aromatic N) is 1. The van der Waals surface area contributed by atoms with Gasteiger partial charge in [-0.05, 0) is 12.8 Å². The van der Waals surface area contributed by atoms with Gasteiger partial charge in [0.1, 0.15) is 13.2 Å². The second-order valence-corrected chi connectivity index (χ2v) is 18.6. The zero-order valence-electron chi connectivity index (χ0n) is 36.5. The van der Waals surface area contributed by atoms with E-state index in [1.54, 1.807) is 6.08 Å². The molecule has 1 amide bonds. The summed E-state index contributed by atoms with van der Waals surface area (Å²) in [6.07, 6.45) is 44.0. The number of hydrogen-bond donors (Lipinski definition) is 3. The first kappa shape index (κ1) is 53.2. The lowest BCUT2D eigenvalue weighted by Crippen LogP contribution is -2.45. The van der Waals surface area contributed by atoms with Crippen LogP contribution in [0.2, 0.25) is 0 Å². The molecule has 0 aliphatic heterocycles. The zero-order valence-corrected chi connectivity index (χ0v) is 37.4. The standard InChI is InChI=1S/C45H91N2O6P/c1-6-8-10-11-12-13-14-15-16-17-18-19-20-21-22-23-24-25-26-27-28-29-30-31-32-33-34-35-37-39-45(49)46-43(44(48)38-36-9-7-2)42-53-54(50,51)52-41-40-47(3,4)5/h36,38,43-44,48H,6-35,37,39-42H2,1-5H3,(H-,46,49,50,51)/p+1/b38-36+. The molecule has 0 aromatic rings. The van der Waals surface area contributed by atoms with E-state index in [0.29, 0.717) is 17.4 Å². The SMILES string of the molecule is CCC/C=C/C(O)C(COP(=O)(O)OCC[N+](C)(C)C)NC(=O)CCCCCCCCCCCCCCCCCCCCCCCCCCCCCCC. The molecule has 3 unspecified atom stereocenters. The number of hydrogen-bond acceptors (Lipinski definition) is 5. The Bertz CT molecular complexity index is 896. The molecule has 0 radical (unpaired) electrons. The summed E-state index contributed by atoms with van der Waals surface area (Å²) in [5.41, 5.74) is 0. The Balaban J connectivity index is 3.73. The van der Waals surface area contributed by atoms with Crippen molar-refractivity contribution in [1.82, 2.24) is 5.32 Å². The van der Waals surface area contributed by atoms with Gasteiger partial charge in [0.15, 0.2) is 0 Å². The number of aliphatic hydroxyl groups is 1. The van der Waals surface area contributed by atoms with E-state index < -0.39 is 20.0 Å². The molecule has 0 rings (SSSR count). The van der Waals surface area contributed by atoms with Gasteiger partial charge in [-0.1, -0.05) is 212 Å². The van der Waals surface area contributed by atoms with Gasteiger partial charge < -0.3 is 19.8 Å². The minimum absolute atomic E-state index is 0.0624. The average molecular weight is 788 g/mol. The van der Waals surface area contributed by atoms with Crippen molar-refractivity contribution < 1.29 is 32.9 Å². The van der Waals surface area contributed by atoms with Crippen LogP contribution in [0.4, 0.5) is 0 Å². The quantitative estimate of drug-likeness (QED) is 0.0246. The predicted octanol–water partition coefficient (Wildman–Crippen LogP) is 12.8. The van der Waals surface area contributed by atoms with Crippen LogP contribution in [0.25, 0.3) is 0 Å². The second-order valence-electron chi connectivity index (χ2n) is 17.1. The molecule has 0 bridgehead atoms. The number of quaternary nitrogens is 1. The van der Waals surface area contributed by atoms with E-state index in [0.717, 1.165) is 32.1 Å². The van der Waals surface area contributed by atoms with Crippen LogP contribution in [0.1, 0.15) is 219 Å². The van der Waals surface area contributed by atoms with Crippen LogP contribution in [-0.2, 0) is 18.4 Å². The van der Waals surface area contributed by atoms with E-state index >= 15 is 0 Å². The van der Waals surface area contributed by atoms with E-state index in [1.807, 2.05) is 34.1 Å². The molecule has 54 heavy (non-hydrogen) atoms. The molecule has 0 spiro atoms. The van der Waals surface area contributed by atoms with Crippen molar-refractivity contribution in [3.8, 4) is 0 Å². The number of amides is 1. The highest BCUT2D eigenvalue weighted by molar-refractivity contribution is 7.47. The molecule has 0 aromatic heterocycles. The maximum Gasteiger partial charge on any atom is 0.472 e. The van der Waals surface area contributed by atoms with Gasteiger partial charge in [0.25, 0.3) is 0 Å². The molecule has 322 valence electrons. The molecule has 0 aliphatic carbocycles. The van der Waals surface area contributed by atoms with Crippen molar-refractivity contribution in [2.24, 2.45) is 0 Å². The normalized spacial score (nSPS) is 14.4. The Morgan fingerprint density at radius 1 is 0.611 bits per heavy atom. The van der Waals surface area contributed by atoms with Crippen molar-refractivity contribution in [3.63, 3.8) is 0 Å². The second kappa shape index (κ2) is 37.8. The molecule has 0 saturated carbocycles. The van der Waals surface area contributed by atoms with Gasteiger partial charge in [-0.25, -0.2) is 4.57 Å². The molecule has 3 N–H and O–H groups in total. The van der Waals surface area contributed by atoms with E-state index in [9.17, 15) is 19.4 Å². The third-order valence-electron chi connectivity index (χ3n) is 10.5. The Labute approximate surface area is 335 Å². The number of carbonyl (C=O) groups excluding carboxylic acids is 1. The van der Waals surface area contributed by atoms with Crippen molar-refractivity contribution in [2.45, 2.75) is 231 Å². The van der Waals surface area contributed by atoms with Crippen LogP contribution in [-0.4, -0.2) is 73.4 Å². The summed E-state index contributed by atoms with van der Waals surface area (Å²) in [5, 5.41) is 13.5. The van der Waals surface area contributed by atoms with E-state index in [1.165, 1.54) is 167 Å². The van der Waals surface area contributed by atoms with Gasteiger partial charge >= 0.3 is 7.82 Å². The summed E-state index contributed by atoms with van der Waals surface area (Å²) in [6, 6.07) is -0.836. The molecule has 0 saturated heterocycles. The number of likely N-dealkylation sites (N-methyl/N-ethyl adjacent to an activating group) is 1. The maximum absolute atomic E-state index is 12.7. The fraction of sp³-hybridized carbons (Fsp3) is 0.933. The van der Waals surface area contributed by atoms with Crippen molar-refractivity contribution in [1.29, 1.82) is 0 Å². The molecule has 3 atom stereocenters. The van der Waals surface area contributed by atoms with Crippen LogP contribution in [0.5, 0.6) is 0 Å². The Hall–Kier alpha value is -0.760. The summed E-state index contributed by atoms with van der Waals surface area (Å²) in [6.45, 7) is 4.62. The summed E-state index contributed by atoms with van der Waals surface area (Å²) >= 11 is 0. The lowest BCUT2D eigenvalue weighted by Gasteiger charge is -2.25. The zero-order chi connectivity index (χ0) is 40.0. The van der Waals surface area contributed by atoms with Gasteiger partial charge in [0.05, 0.1) is 39.9 Å². The topological polar surface area (TPSA) is 105 Å².